The Morgan fingerprint density at radius 3 is 2.82 bits per heavy atom. The highest BCUT2D eigenvalue weighted by molar-refractivity contribution is 5.38. The SMILES string of the molecule is C=CCN(CCO)c1ccc(CNCC)nn1. The quantitative estimate of drug-likeness (QED) is 0.646. The summed E-state index contributed by atoms with van der Waals surface area (Å²) in [5, 5.41) is 20.4. The van der Waals surface area contributed by atoms with Crippen LogP contribution in [0, 0.1) is 0 Å². The predicted octanol–water partition coefficient (Wildman–Crippen LogP) is 0.571. The lowest BCUT2D eigenvalue weighted by Gasteiger charge is -2.20. The summed E-state index contributed by atoms with van der Waals surface area (Å²) in [6.07, 6.45) is 1.78. The molecule has 1 heterocycles. The van der Waals surface area contributed by atoms with Crippen molar-refractivity contribution >= 4 is 5.82 Å². The molecule has 5 nitrogen and oxygen atoms in total. The van der Waals surface area contributed by atoms with E-state index in [9.17, 15) is 0 Å². The molecule has 0 spiro atoms. The Morgan fingerprint density at radius 2 is 2.29 bits per heavy atom. The van der Waals surface area contributed by atoms with Crippen LogP contribution in [0.15, 0.2) is 24.8 Å². The Morgan fingerprint density at radius 1 is 1.47 bits per heavy atom. The van der Waals surface area contributed by atoms with Gasteiger partial charge in [-0.05, 0) is 18.7 Å². The molecule has 0 atom stereocenters. The largest absolute Gasteiger partial charge is 0.395 e. The zero-order valence-electron chi connectivity index (χ0n) is 10.3. The maximum Gasteiger partial charge on any atom is 0.151 e. The van der Waals surface area contributed by atoms with Crippen molar-refractivity contribution in [2.75, 3.05) is 31.1 Å². The van der Waals surface area contributed by atoms with Crippen LogP contribution in [0.3, 0.4) is 0 Å². The maximum absolute atomic E-state index is 8.96. The second-order valence-corrected chi connectivity index (χ2v) is 3.62. The number of aliphatic hydroxyl groups is 1. The van der Waals surface area contributed by atoms with E-state index in [1.807, 2.05) is 17.0 Å². The van der Waals surface area contributed by atoms with E-state index in [1.54, 1.807) is 6.08 Å². The summed E-state index contributed by atoms with van der Waals surface area (Å²) >= 11 is 0. The van der Waals surface area contributed by atoms with Crippen LogP contribution in [0.25, 0.3) is 0 Å². The lowest BCUT2D eigenvalue weighted by atomic mass is 10.3. The van der Waals surface area contributed by atoms with Crippen molar-refractivity contribution < 1.29 is 5.11 Å². The standard InChI is InChI=1S/C12H20N4O/c1-3-7-16(8-9-17)12-6-5-11(14-15-12)10-13-4-2/h3,5-6,13,17H,1,4,7-10H2,2H3. The molecule has 0 radical (unpaired) electrons. The highest BCUT2D eigenvalue weighted by Crippen LogP contribution is 2.08. The number of aromatic nitrogens is 2. The molecule has 0 saturated heterocycles. The van der Waals surface area contributed by atoms with Gasteiger partial charge in [0.05, 0.1) is 12.3 Å². The maximum atomic E-state index is 8.96. The van der Waals surface area contributed by atoms with Crippen LogP contribution < -0.4 is 10.2 Å². The Hall–Kier alpha value is -1.46. The van der Waals surface area contributed by atoms with Gasteiger partial charge in [-0.25, -0.2) is 0 Å². The van der Waals surface area contributed by atoms with Gasteiger partial charge in [-0.15, -0.1) is 11.7 Å². The van der Waals surface area contributed by atoms with Gasteiger partial charge in [-0.3, -0.25) is 0 Å². The van der Waals surface area contributed by atoms with Crippen LogP contribution in [0.5, 0.6) is 0 Å². The Bertz CT molecular complexity index is 326. The third kappa shape index (κ3) is 4.50. The van der Waals surface area contributed by atoms with E-state index in [1.165, 1.54) is 0 Å². The van der Waals surface area contributed by atoms with E-state index in [0.29, 0.717) is 13.1 Å². The summed E-state index contributed by atoms with van der Waals surface area (Å²) in [5.74, 6) is 0.763. The third-order valence-corrected chi connectivity index (χ3v) is 2.31. The molecule has 1 aromatic heterocycles. The van der Waals surface area contributed by atoms with Crippen LogP contribution in [-0.2, 0) is 6.54 Å². The topological polar surface area (TPSA) is 61.3 Å². The van der Waals surface area contributed by atoms with E-state index in [4.69, 9.17) is 5.11 Å². The molecule has 0 aliphatic heterocycles. The molecule has 0 aliphatic carbocycles. The van der Waals surface area contributed by atoms with Gasteiger partial charge in [-0.2, -0.15) is 5.10 Å². The zero-order valence-corrected chi connectivity index (χ0v) is 10.3. The molecule has 17 heavy (non-hydrogen) atoms. The molecule has 0 saturated carbocycles. The molecule has 94 valence electrons. The zero-order chi connectivity index (χ0) is 12.5. The predicted molar refractivity (Wildman–Crippen MR) is 68.9 cm³/mol. The van der Waals surface area contributed by atoms with E-state index >= 15 is 0 Å². The van der Waals surface area contributed by atoms with Crippen molar-refractivity contribution in [3.05, 3.63) is 30.5 Å². The van der Waals surface area contributed by atoms with Crippen LogP contribution in [0.4, 0.5) is 5.82 Å². The molecule has 5 heteroatoms. The van der Waals surface area contributed by atoms with E-state index in [-0.39, 0.29) is 6.61 Å². The first-order valence-corrected chi connectivity index (χ1v) is 5.81. The summed E-state index contributed by atoms with van der Waals surface area (Å²) < 4.78 is 0. The van der Waals surface area contributed by atoms with Gasteiger partial charge in [0.1, 0.15) is 0 Å². The normalized spacial score (nSPS) is 10.2. The molecule has 1 aromatic rings. The van der Waals surface area contributed by atoms with Crippen LogP contribution in [-0.4, -0.2) is 41.5 Å². The van der Waals surface area contributed by atoms with Gasteiger partial charge in [0.25, 0.3) is 0 Å². The number of nitrogens with zero attached hydrogens (tertiary/aromatic N) is 3. The molecule has 1 rings (SSSR count). The fourth-order valence-electron chi connectivity index (χ4n) is 1.44. The highest BCUT2D eigenvalue weighted by atomic mass is 16.3. The summed E-state index contributed by atoms with van der Waals surface area (Å²) in [6, 6.07) is 3.86. The highest BCUT2D eigenvalue weighted by Gasteiger charge is 2.06. The summed E-state index contributed by atoms with van der Waals surface area (Å²) in [7, 11) is 0. The summed E-state index contributed by atoms with van der Waals surface area (Å²) in [4.78, 5) is 1.93. The minimum atomic E-state index is 0.0919. The van der Waals surface area contributed by atoms with E-state index < -0.39 is 0 Å². The van der Waals surface area contributed by atoms with Crippen molar-refractivity contribution in [2.24, 2.45) is 0 Å². The number of nitrogens with one attached hydrogen (secondary N) is 1. The van der Waals surface area contributed by atoms with Gasteiger partial charge in [0.15, 0.2) is 5.82 Å². The summed E-state index contributed by atoms with van der Waals surface area (Å²) in [6.45, 7) is 8.66. The van der Waals surface area contributed by atoms with Gasteiger partial charge in [0.2, 0.25) is 0 Å². The van der Waals surface area contributed by atoms with Gasteiger partial charge in [-0.1, -0.05) is 13.0 Å². The molecule has 0 fully saturated rings. The molecular formula is C12H20N4O. The van der Waals surface area contributed by atoms with Crippen LogP contribution >= 0.6 is 0 Å². The van der Waals surface area contributed by atoms with Crippen molar-refractivity contribution in [3.63, 3.8) is 0 Å². The minimum absolute atomic E-state index is 0.0919. The molecule has 0 aliphatic rings. The second-order valence-electron chi connectivity index (χ2n) is 3.62. The number of rotatable bonds is 8. The third-order valence-electron chi connectivity index (χ3n) is 2.31. The molecule has 0 bridgehead atoms. The number of anilines is 1. The molecule has 2 N–H and O–H groups in total. The fourth-order valence-corrected chi connectivity index (χ4v) is 1.44. The average Bonchev–Trinajstić information content (AvgIpc) is 2.37. The first-order valence-electron chi connectivity index (χ1n) is 5.81. The van der Waals surface area contributed by atoms with Crippen molar-refractivity contribution in [1.82, 2.24) is 15.5 Å². The van der Waals surface area contributed by atoms with Crippen molar-refractivity contribution in [3.8, 4) is 0 Å². The first-order chi connectivity index (χ1) is 8.31. The smallest absolute Gasteiger partial charge is 0.151 e. The molecular weight excluding hydrogens is 216 g/mol. The van der Waals surface area contributed by atoms with Crippen LogP contribution in [0.1, 0.15) is 12.6 Å². The van der Waals surface area contributed by atoms with E-state index in [2.05, 4.69) is 29.0 Å². The van der Waals surface area contributed by atoms with E-state index in [0.717, 1.165) is 24.6 Å². The lowest BCUT2D eigenvalue weighted by Crippen LogP contribution is -2.28. The number of hydrogen-bond acceptors (Lipinski definition) is 5. The average molecular weight is 236 g/mol. The number of aliphatic hydroxyl groups excluding tert-OH is 1. The van der Waals surface area contributed by atoms with Crippen LogP contribution in [0.2, 0.25) is 0 Å². The Kier molecular flexibility index (Phi) is 6.21. The lowest BCUT2D eigenvalue weighted by molar-refractivity contribution is 0.302. The molecule has 0 unspecified atom stereocenters. The van der Waals surface area contributed by atoms with Crippen molar-refractivity contribution in [2.45, 2.75) is 13.5 Å². The fraction of sp³-hybridized carbons (Fsp3) is 0.500. The Balaban J connectivity index is 2.66. The van der Waals surface area contributed by atoms with Gasteiger partial charge in [0, 0.05) is 19.6 Å². The van der Waals surface area contributed by atoms with Gasteiger partial charge < -0.3 is 15.3 Å². The minimum Gasteiger partial charge on any atom is -0.395 e. The van der Waals surface area contributed by atoms with Gasteiger partial charge >= 0.3 is 0 Å². The summed E-state index contributed by atoms with van der Waals surface area (Å²) in [5.41, 5.74) is 0.915. The molecule has 0 amide bonds. The Labute approximate surface area is 102 Å². The number of hydrogen-bond donors (Lipinski definition) is 2. The monoisotopic (exact) mass is 236 g/mol. The second kappa shape index (κ2) is 7.76. The van der Waals surface area contributed by atoms with Crippen molar-refractivity contribution in [1.29, 1.82) is 0 Å². The molecule has 0 aromatic carbocycles. The first kappa shape index (κ1) is 13.6.